The van der Waals surface area contributed by atoms with Crippen LogP contribution in [0.5, 0.6) is 0 Å². The van der Waals surface area contributed by atoms with Crippen LogP contribution in [-0.2, 0) is 12.0 Å². The SMILES string of the molecule is c1ccc(-c2c[nH]c3ncc(-c4cc5n(n4)CCC54CCNC4)cc23)cc1. The fraction of sp³-hybridized carbons (Fsp3) is 0.273. The highest BCUT2D eigenvalue weighted by Crippen LogP contribution is 2.41. The molecule has 0 radical (unpaired) electrons. The summed E-state index contributed by atoms with van der Waals surface area (Å²) in [6, 6.07) is 15.0. The van der Waals surface area contributed by atoms with E-state index in [1.165, 1.54) is 29.7 Å². The van der Waals surface area contributed by atoms with Gasteiger partial charge in [0.1, 0.15) is 5.65 Å². The van der Waals surface area contributed by atoms with E-state index in [4.69, 9.17) is 5.10 Å². The van der Waals surface area contributed by atoms with Crippen LogP contribution in [0.2, 0.25) is 0 Å². The summed E-state index contributed by atoms with van der Waals surface area (Å²) in [6.07, 6.45) is 6.40. The van der Waals surface area contributed by atoms with Gasteiger partial charge in [-0.1, -0.05) is 30.3 Å². The normalized spacial score (nSPS) is 21.3. The number of aromatic nitrogens is 4. The Bertz CT molecular complexity index is 1130. The first kappa shape index (κ1) is 15.2. The number of rotatable bonds is 2. The molecule has 1 fully saturated rings. The van der Waals surface area contributed by atoms with Crippen LogP contribution in [0.1, 0.15) is 18.5 Å². The molecule has 6 rings (SSSR count). The van der Waals surface area contributed by atoms with Crippen molar-refractivity contribution in [2.75, 3.05) is 13.1 Å². The lowest BCUT2D eigenvalue weighted by Gasteiger charge is -2.20. The molecular formula is C22H21N5. The van der Waals surface area contributed by atoms with E-state index in [0.29, 0.717) is 0 Å². The average molecular weight is 355 g/mol. The Labute approximate surface area is 157 Å². The molecule has 2 aliphatic rings. The maximum atomic E-state index is 4.91. The third-order valence-electron chi connectivity index (χ3n) is 6.28. The number of benzene rings is 1. The van der Waals surface area contributed by atoms with Crippen molar-refractivity contribution in [1.29, 1.82) is 0 Å². The van der Waals surface area contributed by atoms with Crippen molar-refractivity contribution in [1.82, 2.24) is 25.1 Å². The van der Waals surface area contributed by atoms with Crippen LogP contribution in [0.25, 0.3) is 33.4 Å². The van der Waals surface area contributed by atoms with E-state index in [1.54, 1.807) is 0 Å². The number of hydrogen-bond donors (Lipinski definition) is 2. The first-order valence-corrected chi connectivity index (χ1v) is 9.64. The van der Waals surface area contributed by atoms with Crippen molar-refractivity contribution in [3.8, 4) is 22.4 Å². The summed E-state index contributed by atoms with van der Waals surface area (Å²) < 4.78 is 2.21. The molecule has 5 heteroatoms. The summed E-state index contributed by atoms with van der Waals surface area (Å²) >= 11 is 0. The Morgan fingerprint density at radius 2 is 1.96 bits per heavy atom. The van der Waals surface area contributed by atoms with Crippen LogP contribution in [0, 0.1) is 0 Å². The van der Waals surface area contributed by atoms with Crippen molar-refractivity contribution in [2.45, 2.75) is 24.8 Å². The highest BCUT2D eigenvalue weighted by Gasteiger charge is 2.42. The van der Waals surface area contributed by atoms with E-state index in [1.807, 2.05) is 18.5 Å². The largest absolute Gasteiger partial charge is 0.346 e. The van der Waals surface area contributed by atoms with Crippen LogP contribution >= 0.6 is 0 Å². The fourth-order valence-corrected chi connectivity index (χ4v) is 4.78. The van der Waals surface area contributed by atoms with Gasteiger partial charge in [0.15, 0.2) is 0 Å². The van der Waals surface area contributed by atoms with E-state index in [-0.39, 0.29) is 5.41 Å². The van der Waals surface area contributed by atoms with Gasteiger partial charge in [0, 0.05) is 53.1 Å². The minimum Gasteiger partial charge on any atom is -0.346 e. The molecule has 1 spiro atoms. The predicted octanol–water partition coefficient (Wildman–Crippen LogP) is 3.73. The van der Waals surface area contributed by atoms with E-state index >= 15 is 0 Å². The maximum Gasteiger partial charge on any atom is 0.137 e. The van der Waals surface area contributed by atoms with Crippen molar-refractivity contribution in [3.63, 3.8) is 0 Å². The molecule has 0 saturated carbocycles. The van der Waals surface area contributed by atoms with Gasteiger partial charge in [0.25, 0.3) is 0 Å². The zero-order valence-corrected chi connectivity index (χ0v) is 15.1. The Hall–Kier alpha value is -2.92. The lowest BCUT2D eigenvalue weighted by Crippen LogP contribution is -2.25. The minimum atomic E-state index is 0.284. The molecule has 5 heterocycles. The lowest BCUT2D eigenvalue weighted by molar-refractivity contribution is 0.467. The fourth-order valence-electron chi connectivity index (χ4n) is 4.78. The van der Waals surface area contributed by atoms with E-state index in [2.05, 4.69) is 56.4 Å². The topological polar surface area (TPSA) is 58.5 Å². The predicted molar refractivity (Wildman–Crippen MR) is 107 cm³/mol. The Morgan fingerprint density at radius 3 is 2.81 bits per heavy atom. The van der Waals surface area contributed by atoms with Crippen LogP contribution in [0.4, 0.5) is 0 Å². The van der Waals surface area contributed by atoms with Gasteiger partial charge in [0.2, 0.25) is 0 Å². The number of hydrogen-bond acceptors (Lipinski definition) is 3. The smallest absolute Gasteiger partial charge is 0.137 e. The van der Waals surface area contributed by atoms with Gasteiger partial charge >= 0.3 is 0 Å². The Morgan fingerprint density at radius 1 is 1.04 bits per heavy atom. The van der Waals surface area contributed by atoms with Crippen molar-refractivity contribution in [3.05, 3.63) is 60.6 Å². The highest BCUT2D eigenvalue weighted by atomic mass is 15.3. The maximum absolute atomic E-state index is 4.91. The molecule has 1 saturated heterocycles. The molecule has 5 nitrogen and oxygen atoms in total. The highest BCUT2D eigenvalue weighted by molar-refractivity contribution is 5.95. The number of nitrogens with one attached hydrogen (secondary N) is 2. The number of H-pyrrole nitrogens is 1. The molecular weight excluding hydrogens is 334 g/mol. The molecule has 27 heavy (non-hydrogen) atoms. The molecule has 3 aromatic heterocycles. The van der Waals surface area contributed by atoms with Crippen LogP contribution in [0.15, 0.2) is 54.9 Å². The molecule has 0 aliphatic carbocycles. The summed E-state index contributed by atoms with van der Waals surface area (Å²) in [5.41, 5.74) is 7.09. The summed E-state index contributed by atoms with van der Waals surface area (Å²) in [7, 11) is 0. The average Bonchev–Trinajstić information content (AvgIpc) is 3.48. The third kappa shape index (κ3) is 2.21. The molecule has 0 amide bonds. The molecule has 1 atom stereocenters. The second kappa shape index (κ2) is 5.54. The molecule has 0 bridgehead atoms. The van der Waals surface area contributed by atoms with Gasteiger partial charge in [-0.3, -0.25) is 4.68 Å². The quantitative estimate of drug-likeness (QED) is 0.576. The van der Waals surface area contributed by atoms with Crippen molar-refractivity contribution < 1.29 is 0 Å². The van der Waals surface area contributed by atoms with Crippen LogP contribution in [0.3, 0.4) is 0 Å². The number of pyridine rings is 1. The number of nitrogens with zero attached hydrogens (tertiary/aromatic N) is 3. The molecule has 4 aromatic rings. The van der Waals surface area contributed by atoms with Crippen molar-refractivity contribution in [2.24, 2.45) is 0 Å². The molecule has 1 aromatic carbocycles. The summed E-state index contributed by atoms with van der Waals surface area (Å²) in [5, 5.41) is 9.59. The first-order chi connectivity index (χ1) is 13.3. The Balaban J connectivity index is 1.46. The van der Waals surface area contributed by atoms with Gasteiger partial charge in [-0.2, -0.15) is 5.10 Å². The number of fused-ring (bicyclic) bond motifs is 3. The first-order valence-electron chi connectivity index (χ1n) is 9.64. The van der Waals surface area contributed by atoms with Crippen molar-refractivity contribution >= 4 is 11.0 Å². The zero-order chi connectivity index (χ0) is 17.8. The van der Waals surface area contributed by atoms with E-state index < -0.39 is 0 Å². The van der Waals surface area contributed by atoms with Gasteiger partial charge in [-0.25, -0.2) is 4.98 Å². The molecule has 1 unspecified atom stereocenters. The van der Waals surface area contributed by atoms with Crippen LogP contribution in [-0.4, -0.2) is 32.8 Å². The second-order valence-corrected chi connectivity index (χ2v) is 7.78. The van der Waals surface area contributed by atoms with E-state index in [0.717, 1.165) is 41.9 Å². The number of aromatic amines is 1. The number of aryl methyl sites for hydroxylation is 1. The zero-order valence-electron chi connectivity index (χ0n) is 15.1. The van der Waals surface area contributed by atoms with E-state index in [9.17, 15) is 0 Å². The summed E-state index contributed by atoms with van der Waals surface area (Å²) in [5.74, 6) is 0. The summed E-state index contributed by atoms with van der Waals surface area (Å²) in [6.45, 7) is 3.20. The lowest BCUT2D eigenvalue weighted by atomic mass is 9.82. The second-order valence-electron chi connectivity index (χ2n) is 7.78. The minimum absolute atomic E-state index is 0.284. The molecule has 2 aliphatic heterocycles. The molecule has 134 valence electrons. The van der Waals surface area contributed by atoms with Gasteiger partial charge in [-0.05, 0) is 37.1 Å². The van der Waals surface area contributed by atoms with Gasteiger partial charge in [-0.15, -0.1) is 0 Å². The Kier molecular flexibility index (Phi) is 3.11. The van der Waals surface area contributed by atoms with Gasteiger partial charge < -0.3 is 10.3 Å². The third-order valence-corrected chi connectivity index (χ3v) is 6.28. The standard InChI is InChI=1S/C22H21N5/c1-2-4-15(5-3-1)18-13-25-21-17(18)10-16(12-24-21)19-11-20-22(6-8-23-14-22)7-9-27(20)26-19/h1-5,10-13,23H,6-9,14H2,(H,24,25). The molecule has 2 N–H and O–H groups in total. The monoisotopic (exact) mass is 355 g/mol. The van der Waals surface area contributed by atoms with Crippen LogP contribution < -0.4 is 5.32 Å². The summed E-state index contributed by atoms with van der Waals surface area (Å²) in [4.78, 5) is 7.96. The van der Waals surface area contributed by atoms with Gasteiger partial charge in [0.05, 0.1) is 5.69 Å².